The van der Waals surface area contributed by atoms with Gasteiger partial charge in [0.05, 0.1) is 12.1 Å². The van der Waals surface area contributed by atoms with Crippen molar-refractivity contribution in [2.45, 2.75) is 78.2 Å². The SMILES string of the molecule is CNc1ccc(C(CC(=O)O)c2ccc(C)c(CN(CC3CCCCCC3)C(C)=O)c2)c(C)c1N=N. The Morgan fingerprint density at radius 1 is 1.14 bits per heavy atom. The van der Waals surface area contributed by atoms with Gasteiger partial charge in [-0.3, -0.25) is 9.59 Å². The van der Waals surface area contributed by atoms with Gasteiger partial charge in [0.25, 0.3) is 0 Å². The van der Waals surface area contributed by atoms with E-state index in [1.54, 1.807) is 14.0 Å². The Bertz CT molecular complexity index is 1090. The summed E-state index contributed by atoms with van der Waals surface area (Å²) in [6.45, 7) is 6.87. The van der Waals surface area contributed by atoms with Crippen LogP contribution in [0.1, 0.15) is 85.6 Å². The topological polar surface area (TPSA) is 106 Å². The normalized spacial score (nSPS) is 15.1. The van der Waals surface area contributed by atoms with E-state index in [9.17, 15) is 14.7 Å². The largest absolute Gasteiger partial charge is 0.481 e. The van der Waals surface area contributed by atoms with Crippen LogP contribution in [-0.4, -0.2) is 35.5 Å². The lowest BCUT2D eigenvalue weighted by atomic mass is 9.84. The first-order valence-corrected chi connectivity index (χ1v) is 13.0. The van der Waals surface area contributed by atoms with Gasteiger partial charge in [-0.2, -0.15) is 5.11 Å². The summed E-state index contributed by atoms with van der Waals surface area (Å²) in [6, 6.07) is 9.85. The average molecular weight is 493 g/mol. The summed E-state index contributed by atoms with van der Waals surface area (Å²) < 4.78 is 0. The van der Waals surface area contributed by atoms with Crippen LogP contribution in [0.2, 0.25) is 0 Å². The highest BCUT2D eigenvalue weighted by atomic mass is 16.4. The van der Waals surface area contributed by atoms with Gasteiger partial charge in [0.1, 0.15) is 5.69 Å². The lowest BCUT2D eigenvalue weighted by molar-refractivity contribution is -0.137. The Kier molecular flexibility index (Phi) is 9.62. The summed E-state index contributed by atoms with van der Waals surface area (Å²) in [5.41, 5.74) is 13.6. The van der Waals surface area contributed by atoms with E-state index in [0.29, 0.717) is 18.2 Å². The maximum Gasteiger partial charge on any atom is 0.304 e. The number of carboxylic acids is 1. The van der Waals surface area contributed by atoms with E-state index in [4.69, 9.17) is 5.53 Å². The van der Waals surface area contributed by atoms with Gasteiger partial charge in [0.2, 0.25) is 5.91 Å². The molecule has 0 bridgehead atoms. The molecule has 1 unspecified atom stereocenters. The third-order valence-electron chi connectivity index (χ3n) is 7.64. The molecule has 194 valence electrons. The van der Waals surface area contributed by atoms with E-state index < -0.39 is 5.97 Å². The molecule has 1 atom stereocenters. The highest BCUT2D eigenvalue weighted by Gasteiger charge is 2.24. The maximum atomic E-state index is 12.6. The molecule has 1 aliphatic carbocycles. The highest BCUT2D eigenvalue weighted by molar-refractivity contribution is 5.74. The second-order valence-electron chi connectivity index (χ2n) is 10.1. The minimum Gasteiger partial charge on any atom is -0.481 e. The van der Waals surface area contributed by atoms with E-state index in [-0.39, 0.29) is 18.2 Å². The zero-order valence-electron chi connectivity index (χ0n) is 22.1. The maximum absolute atomic E-state index is 12.6. The number of rotatable bonds is 10. The number of anilines is 1. The molecular formula is C29H40N4O3. The number of hydrogen-bond acceptors (Lipinski definition) is 5. The van der Waals surface area contributed by atoms with E-state index in [1.165, 1.54) is 38.5 Å². The first-order valence-electron chi connectivity index (χ1n) is 13.0. The summed E-state index contributed by atoms with van der Waals surface area (Å²) in [6.07, 6.45) is 7.32. The fraction of sp³-hybridized carbons (Fsp3) is 0.517. The van der Waals surface area contributed by atoms with Crippen LogP contribution in [-0.2, 0) is 16.1 Å². The molecule has 0 saturated heterocycles. The number of carbonyl (C=O) groups excluding carboxylic acids is 1. The molecule has 1 aliphatic rings. The molecular weight excluding hydrogens is 452 g/mol. The van der Waals surface area contributed by atoms with Crippen molar-refractivity contribution in [1.82, 2.24) is 4.90 Å². The van der Waals surface area contributed by atoms with Crippen molar-refractivity contribution in [1.29, 1.82) is 5.53 Å². The van der Waals surface area contributed by atoms with Crippen molar-refractivity contribution in [3.63, 3.8) is 0 Å². The molecule has 0 radical (unpaired) electrons. The van der Waals surface area contributed by atoms with E-state index in [2.05, 4.69) is 16.5 Å². The van der Waals surface area contributed by atoms with Crippen molar-refractivity contribution in [3.8, 4) is 0 Å². The molecule has 0 aliphatic heterocycles. The van der Waals surface area contributed by atoms with Crippen LogP contribution in [0.15, 0.2) is 35.4 Å². The monoisotopic (exact) mass is 492 g/mol. The van der Waals surface area contributed by atoms with Crippen molar-refractivity contribution in [2.75, 3.05) is 18.9 Å². The third-order valence-corrected chi connectivity index (χ3v) is 7.64. The van der Waals surface area contributed by atoms with Crippen molar-refractivity contribution >= 4 is 23.3 Å². The molecule has 7 heteroatoms. The fourth-order valence-electron chi connectivity index (χ4n) is 5.47. The van der Waals surface area contributed by atoms with Gasteiger partial charge in [-0.05, 0) is 66.5 Å². The van der Waals surface area contributed by atoms with E-state index in [0.717, 1.165) is 40.0 Å². The van der Waals surface area contributed by atoms with E-state index >= 15 is 0 Å². The van der Waals surface area contributed by atoms with Gasteiger partial charge in [-0.25, -0.2) is 5.53 Å². The van der Waals surface area contributed by atoms with Gasteiger partial charge < -0.3 is 15.3 Å². The smallest absolute Gasteiger partial charge is 0.304 e. The first kappa shape index (κ1) is 27.4. The standard InChI is InChI=1S/C29H40N4O3/c1-19-11-12-23(15-24(19)18-33(21(3)34)17-22-9-7-5-6-8-10-22)26(16-28(35)36)25-13-14-27(31-4)29(32-30)20(25)2/h11-15,22,26,30-31H,5-10,16-18H2,1-4H3,(H,35,36). The Hall–Kier alpha value is -3.22. The van der Waals surface area contributed by atoms with E-state index in [1.807, 2.05) is 43.0 Å². The van der Waals surface area contributed by atoms with Gasteiger partial charge in [0, 0.05) is 33.0 Å². The molecule has 3 N–H and O–H groups in total. The minimum absolute atomic E-state index is 0.0713. The number of aryl methyl sites for hydroxylation is 1. The Balaban J connectivity index is 1.96. The molecule has 3 rings (SSSR count). The van der Waals surface area contributed by atoms with Crippen LogP contribution in [0.4, 0.5) is 11.4 Å². The molecule has 1 amide bonds. The predicted octanol–water partition coefficient (Wildman–Crippen LogP) is 6.93. The number of amides is 1. The van der Waals surface area contributed by atoms with Gasteiger partial charge >= 0.3 is 5.97 Å². The number of carbonyl (C=O) groups is 2. The molecule has 2 aromatic rings. The highest BCUT2D eigenvalue weighted by Crippen LogP contribution is 2.39. The average Bonchev–Trinajstić information content (AvgIpc) is 3.12. The molecule has 0 spiro atoms. The zero-order chi connectivity index (χ0) is 26.2. The summed E-state index contributed by atoms with van der Waals surface area (Å²) in [7, 11) is 1.78. The van der Waals surface area contributed by atoms with Crippen LogP contribution in [0.3, 0.4) is 0 Å². The molecule has 0 aromatic heterocycles. The second kappa shape index (κ2) is 12.7. The number of benzene rings is 2. The lowest BCUT2D eigenvalue weighted by Gasteiger charge is -2.28. The van der Waals surface area contributed by atoms with Gasteiger partial charge in [0.15, 0.2) is 0 Å². The summed E-state index contributed by atoms with van der Waals surface area (Å²) in [4.78, 5) is 26.4. The Labute approximate surface area is 214 Å². The second-order valence-corrected chi connectivity index (χ2v) is 10.1. The fourth-order valence-corrected chi connectivity index (χ4v) is 5.47. The van der Waals surface area contributed by atoms with Crippen molar-refractivity contribution < 1.29 is 14.7 Å². The number of hydrogen-bond donors (Lipinski definition) is 3. The zero-order valence-corrected chi connectivity index (χ0v) is 22.1. The Morgan fingerprint density at radius 3 is 2.42 bits per heavy atom. The van der Waals surface area contributed by atoms with Crippen LogP contribution < -0.4 is 5.32 Å². The van der Waals surface area contributed by atoms with Crippen LogP contribution in [0.5, 0.6) is 0 Å². The van der Waals surface area contributed by atoms with Crippen molar-refractivity contribution in [2.24, 2.45) is 11.0 Å². The van der Waals surface area contributed by atoms with Gasteiger partial charge in [-0.1, -0.05) is 49.9 Å². The van der Waals surface area contributed by atoms with Gasteiger partial charge in [-0.15, -0.1) is 0 Å². The quantitative estimate of drug-likeness (QED) is 0.247. The molecule has 1 fully saturated rings. The third kappa shape index (κ3) is 6.71. The number of aliphatic carboxylic acids is 1. The molecule has 7 nitrogen and oxygen atoms in total. The van der Waals surface area contributed by atoms with Crippen LogP contribution in [0, 0.1) is 25.3 Å². The van der Waals surface area contributed by atoms with Crippen LogP contribution >= 0.6 is 0 Å². The summed E-state index contributed by atoms with van der Waals surface area (Å²) >= 11 is 0. The minimum atomic E-state index is -0.887. The molecule has 0 heterocycles. The number of nitrogens with one attached hydrogen (secondary N) is 2. The summed E-state index contributed by atoms with van der Waals surface area (Å²) in [5.74, 6) is -0.658. The molecule has 1 saturated carbocycles. The molecule has 2 aromatic carbocycles. The number of nitrogens with zero attached hydrogens (tertiary/aromatic N) is 2. The lowest BCUT2D eigenvalue weighted by Crippen LogP contribution is -2.33. The predicted molar refractivity (Wildman–Crippen MR) is 143 cm³/mol. The summed E-state index contributed by atoms with van der Waals surface area (Å²) in [5, 5.41) is 16.5. The van der Waals surface area contributed by atoms with Crippen LogP contribution in [0.25, 0.3) is 0 Å². The Morgan fingerprint density at radius 2 is 1.83 bits per heavy atom. The molecule has 36 heavy (non-hydrogen) atoms. The number of carboxylic acid groups (broad SMARTS) is 1. The first-order chi connectivity index (χ1) is 17.2. The van der Waals surface area contributed by atoms with Crippen molar-refractivity contribution in [3.05, 3.63) is 58.1 Å².